The van der Waals surface area contributed by atoms with Crippen LogP contribution >= 0.6 is 11.6 Å². The van der Waals surface area contributed by atoms with Crippen molar-refractivity contribution in [1.82, 2.24) is 5.32 Å². The lowest BCUT2D eigenvalue weighted by Crippen LogP contribution is -2.46. The van der Waals surface area contributed by atoms with E-state index in [-0.39, 0.29) is 28.3 Å². The minimum atomic E-state index is -0.203. The fourth-order valence-corrected chi connectivity index (χ4v) is 4.24. The molecule has 0 aromatic heterocycles. The van der Waals surface area contributed by atoms with Crippen LogP contribution in [-0.2, 0) is 0 Å². The number of benzene rings is 1. The zero-order valence-corrected chi connectivity index (χ0v) is 12.9. The van der Waals surface area contributed by atoms with E-state index in [0.29, 0.717) is 5.92 Å². The molecule has 0 radical (unpaired) electrons. The largest absolute Gasteiger partial charge is 0.506 e. The zero-order chi connectivity index (χ0) is 14.8. The van der Waals surface area contributed by atoms with Crippen LogP contribution in [0.1, 0.15) is 55.3 Å². The molecule has 1 amide bonds. The normalized spacial score (nSPS) is 28.7. The van der Waals surface area contributed by atoms with Gasteiger partial charge in [-0.3, -0.25) is 4.79 Å². The first-order valence-corrected chi connectivity index (χ1v) is 8.33. The van der Waals surface area contributed by atoms with E-state index in [0.717, 1.165) is 12.3 Å². The molecule has 2 saturated carbocycles. The lowest BCUT2D eigenvalue weighted by molar-refractivity contribution is 0.0821. The Balaban J connectivity index is 1.73. The van der Waals surface area contributed by atoms with Crippen LogP contribution < -0.4 is 5.32 Å². The van der Waals surface area contributed by atoms with Gasteiger partial charge in [0.05, 0.1) is 10.6 Å². The van der Waals surface area contributed by atoms with Crippen LogP contribution in [0.5, 0.6) is 5.75 Å². The van der Waals surface area contributed by atoms with Crippen molar-refractivity contribution in [2.24, 2.45) is 11.8 Å². The number of phenolic OH excluding ortho intramolecular Hbond substituents is 1. The first-order chi connectivity index (χ1) is 10.2. The number of para-hydroxylation sites is 1. The minimum Gasteiger partial charge on any atom is -0.506 e. The van der Waals surface area contributed by atoms with Gasteiger partial charge in [0.2, 0.25) is 0 Å². The second kappa shape index (κ2) is 6.27. The van der Waals surface area contributed by atoms with E-state index >= 15 is 0 Å². The smallest absolute Gasteiger partial charge is 0.255 e. The van der Waals surface area contributed by atoms with Crippen LogP contribution in [-0.4, -0.2) is 17.1 Å². The number of hydrogen-bond acceptors (Lipinski definition) is 2. The Labute approximate surface area is 130 Å². The second-order valence-corrected chi connectivity index (χ2v) is 6.76. The third-order valence-electron chi connectivity index (χ3n) is 5.12. The van der Waals surface area contributed by atoms with Crippen molar-refractivity contribution in [3.8, 4) is 5.75 Å². The topological polar surface area (TPSA) is 49.3 Å². The van der Waals surface area contributed by atoms with Gasteiger partial charge in [0, 0.05) is 6.04 Å². The van der Waals surface area contributed by atoms with Gasteiger partial charge in [-0.1, -0.05) is 49.8 Å². The summed E-state index contributed by atoms with van der Waals surface area (Å²) < 4.78 is 0. The molecule has 1 aromatic rings. The minimum absolute atomic E-state index is 0.118. The molecule has 0 saturated heterocycles. The van der Waals surface area contributed by atoms with Crippen LogP contribution in [0.4, 0.5) is 0 Å². The highest BCUT2D eigenvalue weighted by atomic mass is 35.5. The lowest BCUT2D eigenvalue weighted by Gasteiger charge is -2.41. The molecular formula is C17H22ClNO2. The monoisotopic (exact) mass is 307 g/mol. The molecule has 1 aromatic carbocycles. The van der Waals surface area contributed by atoms with Gasteiger partial charge >= 0.3 is 0 Å². The van der Waals surface area contributed by atoms with Gasteiger partial charge in [0.25, 0.3) is 5.91 Å². The van der Waals surface area contributed by atoms with Gasteiger partial charge in [-0.25, -0.2) is 0 Å². The maximum Gasteiger partial charge on any atom is 0.255 e. The summed E-state index contributed by atoms with van der Waals surface area (Å²) in [4.78, 5) is 12.4. The summed E-state index contributed by atoms with van der Waals surface area (Å²) in [6.07, 6.45) is 8.67. The summed E-state index contributed by atoms with van der Waals surface area (Å²) in [5.74, 6) is 1.06. The van der Waals surface area contributed by atoms with Gasteiger partial charge in [-0.2, -0.15) is 0 Å². The molecule has 3 unspecified atom stereocenters. The number of carbonyl (C=O) groups is 1. The number of carbonyl (C=O) groups excluding carboxylic acids is 1. The Morgan fingerprint density at radius 1 is 1.14 bits per heavy atom. The van der Waals surface area contributed by atoms with Gasteiger partial charge in [-0.15, -0.1) is 0 Å². The highest BCUT2D eigenvalue weighted by Crippen LogP contribution is 2.40. The maximum absolute atomic E-state index is 12.4. The van der Waals surface area contributed by atoms with Crippen molar-refractivity contribution in [3.63, 3.8) is 0 Å². The predicted molar refractivity (Wildman–Crippen MR) is 83.7 cm³/mol. The average molecular weight is 308 g/mol. The van der Waals surface area contributed by atoms with Crippen molar-refractivity contribution < 1.29 is 9.90 Å². The number of amides is 1. The molecule has 0 heterocycles. The standard InChI is InChI=1S/C17H22ClNO2/c18-14-9-4-8-13(16(14)20)17(21)19-15-10-3-6-11-5-1-2-7-12(11)15/h4,8-9,11-12,15,20H,1-3,5-7,10H2,(H,19,21). The molecule has 2 aliphatic rings. The number of halogens is 1. The highest BCUT2D eigenvalue weighted by Gasteiger charge is 2.35. The molecule has 2 fully saturated rings. The number of nitrogens with one attached hydrogen (secondary N) is 1. The second-order valence-electron chi connectivity index (χ2n) is 6.36. The quantitative estimate of drug-likeness (QED) is 0.863. The fourth-order valence-electron chi connectivity index (χ4n) is 4.06. The van der Waals surface area contributed by atoms with E-state index in [2.05, 4.69) is 5.32 Å². The molecule has 3 nitrogen and oxygen atoms in total. The van der Waals surface area contributed by atoms with Crippen LogP contribution in [0.3, 0.4) is 0 Å². The van der Waals surface area contributed by atoms with Crippen LogP contribution in [0.25, 0.3) is 0 Å². The molecular weight excluding hydrogens is 286 g/mol. The predicted octanol–water partition coefficient (Wildman–Crippen LogP) is 4.13. The fraction of sp³-hybridized carbons (Fsp3) is 0.588. The number of phenols is 1. The van der Waals surface area contributed by atoms with Crippen molar-refractivity contribution in [1.29, 1.82) is 0 Å². The van der Waals surface area contributed by atoms with Crippen LogP contribution in [0, 0.1) is 11.8 Å². The first-order valence-electron chi connectivity index (χ1n) is 7.95. The number of hydrogen-bond donors (Lipinski definition) is 2. The summed E-state index contributed by atoms with van der Waals surface area (Å²) >= 11 is 5.88. The Hall–Kier alpha value is -1.22. The molecule has 114 valence electrons. The summed E-state index contributed by atoms with van der Waals surface area (Å²) in [5.41, 5.74) is 0.278. The Morgan fingerprint density at radius 3 is 2.76 bits per heavy atom. The SMILES string of the molecule is O=C(NC1CCCC2CCCCC21)c1cccc(Cl)c1O. The molecule has 3 atom stereocenters. The molecule has 2 N–H and O–H groups in total. The zero-order valence-electron chi connectivity index (χ0n) is 12.1. The Kier molecular flexibility index (Phi) is 4.39. The van der Waals surface area contributed by atoms with Crippen molar-refractivity contribution in [2.75, 3.05) is 0 Å². The lowest BCUT2D eigenvalue weighted by atomic mass is 9.68. The molecule has 3 rings (SSSR count). The highest BCUT2D eigenvalue weighted by molar-refractivity contribution is 6.32. The molecule has 0 aliphatic heterocycles. The first kappa shape index (κ1) is 14.7. The third kappa shape index (κ3) is 3.03. The van der Waals surface area contributed by atoms with E-state index in [1.54, 1.807) is 18.2 Å². The molecule has 2 aliphatic carbocycles. The summed E-state index contributed by atoms with van der Waals surface area (Å²) in [7, 11) is 0. The van der Waals surface area contributed by atoms with Crippen LogP contribution in [0.2, 0.25) is 5.02 Å². The number of rotatable bonds is 2. The summed E-state index contributed by atoms with van der Waals surface area (Å²) in [6, 6.07) is 5.15. The molecule has 0 spiro atoms. The third-order valence-corrected chi connectivity index (χ3v) is 5.43. The molecule has 21 heavy (non-hydrogen) atoms. The van der Waals surface area contributed by atoms with E-state index in [4.69, 9.17) is 11.6 Å². The van der Waals surface area contributed by atoms with Crippen molar-refractivity contribution >= 4 is 17.5 Å². The van der Waals surface area contributed by atoms with E-state index < -0.39 is 0 Å². The van der Waals surface area contributed by atoms with E-state index in [1.807, 2.05) is 0 Å². The van der Waals surface area contributed by atoms with E-state index in [9.17, 15) is 9.90 Å². The van der Waals surface area contributed by atoms with Gasteiger partial charge in [0.1, 0.15) is 5.75 Å². The number of aromatic hydroxyl groups is 1. The summed E-state index contributed by atoms with van der Waals surface area (Å²) in [5, 5.41) is 13.3. The van der Waals surface area contributed by atoms with Gasteiger partial charge in [-0.05, 0) is 36.8 Å². The maximum atomic E-state index is 12.4. The van der Waals surface area contributed by atoms with Crippen LogP contribution in [0.15, 0.2) is 18.2 Å². The number of fused-ring (bicyclic) bond motifs is 1. The van der Waals surface area contributed by atoms with Gasteiger partial charge < -0.3 is 10.4 Å². The Morgan fingerprint density at radius 2 is 1.90 bits per heavy atom. The molecule has 4 heteroatoms. The molecule has 0 bridgehead atoms. The van der Waals surface area contributed by atoms with Gasteiger partial charge in [0.15, 0.2) is 0 Å². The Bertz CT molecular complexity index is 530. The van der Waals surface area contributed by atoms with E-state index in [1.165, 1.54) is 38.5 Å². The van der Waals surface area contributed by atoms with Crippen molar-refractivity contribution in [2.45, 2.75) is 51.0 Å². The van der Waals surface area contributed by atoms with Crippen molar-refractivity contribution in [3.05, 3.63) is 28.8 Å². The average Bonchev–Trinajstić information content (AvgIpc) is 2.50. The summed E-state index contributed by atoms with van der Waals surface area (Å²) in [6.45, 7) is 0.